The summed E-state index contributed by atoms with van der Waals surface area (Å²) in [7, 11) is 0. The van der Waals surface area contributed by atoms with Crippen molar-refractivity contribution in [3.63, 3.8) is 0 Å². The van der Waals surface area contributed by atoms with Crippen LogP contribution in [0.5, 0.6) is 0 Å². The van der Waals surface area contributed by atoms with Gasteiger partial charge < -0.3 is 4.57 Å². The second-order valence-corrected chi connectivity index (χ2v) is 14.8. The van der Waals surface area contributed by atoms with Crippen molar-refractivity contribution in [1.82, 2.24) is 19.5 Å². The SMILES string of the molecule is [C-]#[N+]c1ccc2c(c1)c1cc(C(C)(C)C)ccc1n2-c1c(/C=C/C=C\C=C)cc(-c2nc(-c3ccccc3)nc(C3C=CC=CC3)n2)cc1-c1ccccc1. The average molecular weight is 712 g/mol. The highest BCUT2D eigenvalue weighted by Crippen LogP contribution is 2.42. The van der Waals surface area contributed by atoms with Gasteiger partial charge in [-0.05, 0) is 70.3 Å². The van der Waals surface area contributed by atoms with Gasteiger partial charge in [-0.2, -0.15) is 0 Å². The molecule has 5 nitrogen and oxygen atoms in total. The minimum atomic E-state index is -0.0477. The van der Waals surface area contributed by atoms with E-state index in [0.717, 1.165) is 67.6 Å². The Labute approximate surface area is 322 Å². The number of hydrogen-bond acceptors (Lipinski definition) is 3. The van der Waals surface area contributed by atoms with Crippen LogP contribution in [0.3, 0.4) is 0 Å². The summed E-state index contributed by atoms with van der Waals surface area (Å²) in [5.74, 6) is 2.05. The van der Waals surface area contributed by atoms with Crippen molar-refractivity contribution in [2.45, 2.75) is 38.5 Å². The molecule has 0 bridgehead atoms. The van der Waals surface area contributed by atoms with Crippen molar-refractivity contribution < 1.29 is 0 Å². The van der Waals surface area contributed by atoms with Crippen molar-refractivity contribution in [1.29, 1.82) is 0 Å². The highest BCUT2D eigenvalue weighted by Gasteiger charge is 2.24. The van der Waals surface area contributed by atoms with Crippen LogP contribution in [0.25, 0.3) is 72.3 Å². The second kappa shape index (κ2) is 14.9. The third-order valence-corrected chi connectivity index (χ3v) is 10.1. The third kappa shape index (κ3) is 6.99. The van der Waals surface area contributed by atoms with Gasteiger partial charge in [0.2, 0.25) is 0 Å². The minimum Gasteiger partial charge on any atom is -0.308 e. The van der Waals surface area contributed by atoms with Crippen LogP contribution in [0.4, 0.5) is 5.69 Å². The van der Waals surface area contributed by atoms with Crippen LogP contribution in [0.1, 0.15) is 50.1 Å². The summed E-state index contributed by atoms with van der Waals surface area (Å²) in [5, 5.41) is 2.16. The third-order valence-electron chi connectivity index (χ3n) is 10.1. The number of aromatic nitrogens is 4. The number of rotatable bonds is 8. The zero-order valence-electron chi connectivity index (χ0n) is 31.3. The fraction of sp³-hybridized carbons (Fsp3) is 0.120. The Balaban J connectivity index is 1.47. The van der Waals surface area contributed by atoms with Crippen LogP contribution in [-0.2, 0) is 5.41 Å². The first-order chi connectivity index (χ1) is 26.8. The van der Waals surface area contributed by atoms with E-state index in [-0.39, 0.29) is 11.3 Å². The first kappa shape index (κ1) is 35.1. The molecule has 55 heavy (non-hydrogen) atoms. The van der Waals surface area contributed by atoms with E-state index in [2.05, 4.69) is 134 Å². The lowest BCUT2D eigenvalue weighted by Crippen LogP contribution is -2.10. The smallest absolute Gasteiger partial charge is 0.188 e. The summed E-state index contributed by atoms with van der Waals surface area (Å²) in [4.78, 5) is 19.2. The molecule has 0 fully saturated rings. The number of nitrogens with zero attached hydrogens (tertiary/aromatic N) is 5. The van der Waals surface area contributed by atoms with E-state index < -0.39 is 0 Å². The number of benzene rings is 5. The lowest BCUT2D eigenvalue weighted by molar-refractivity contribution is 0.591. The van der Waals surface area contributed by atoms with E-state index in [4.69, 9.17) is 21.5 Å². The van der Waals surface area contributed by atoms with Gasteiger partial charge >= 0.3 is 0 Å². The van der Waals surface area contributed by atoms with E-state index >= 15 is 0 Å². The molecule has 1 aliphatic rings. The molecule has 7 aromatic rings. The Morgan fingerprint density at radius 2 is 1.42 bits per heavy atom. The van der Waals surface area contributed by atoms with Gasteiger partial charge in [0.05, 0.1) is 23.3 Å². The molecule has 0 saturated heterocycles. The minimum absolute atomic E-state index is 0.0430. The van der Waals surface area contributed by atoms with Crippen LogP contribution in [0, 0.1) is 6.57 Å². The second-order valence-electron chi connectivity index (χ2n) is 14.8. The topological polar surface area (TPSA) is 48.0 Å². The molecule has 0 saturated carbocycles. The predicted molar refractivity (Wildman–Crippen MR) is 229 cm³/mol. The molecular weight excluding hydrogens is 671 g/mol. The number of fused-ring (bicyclic) bond motifs is 3. The number of hydrogen-bond donors (Lipinski definition) is 0. The zero-order valence-corrected chi connectivity index (χ0v) is 31.3. The molecule has 2 heterocycles. The standard InChI is InChI=1S/C50H41N5/c1-6-7-8-12-25-37-30-38(49-53-47(35-21-15-10-16-22-35)52-48(54-49)36-23-17-11-18-24-36)31-41(34-19-13-9-14-20-34)46(37)55-44-28-26-39(50(2,3)4)32-42(44)43-33-40(51-5)27-29-45(43)55/h6-23,25-33,36H,1,24H2,2-4H3/b8-7-,25-12+. The Kier molecular flexibility index (Phi) is 9.49. The summed E-state index contributed by atoms with van der Waals surface area (Å²) in [5.41, 5.74) is 9.83. The molecule has 8 rings (SSSR count). The fourth-order valence-electron chi connectivity index (χ4n) is 7.27. The van der Waals surface area contributed by atoms with Gasteiger partial charge in [-0.1, -0.05) is 155 Å². The highest BCUT2D eigenvalue weighted by atomic mass is 15.0. The van der Waals surface area contributed by atoms with Crippen molar-refractivity contribution in [3.8, 4) is 39.6 Å². The molecule has 1 atom stereocenters. The van der Waals surface area contributed by atoms with Gasteiger partial charge in [-0.15, -0.1) is 0 Å². The summed E-state index contributed by atoms with van der Waals surface area (Å²) >= 11 is 0. The molecule has 0 amide bonds. The first-order valence-corrected chi connectivity index (χ1v) is 18.6. The maximum atomic E-state index is 7.86. The van der Waals surface area contributed by atoms with E-state index in [1.807, 2.05) is 60.7 Å². The molecule has 266 valence electrons. The van der Waals surface area contributed by atoms with Crippen molar-refractivity contribution in [2.24, 2.45) is 0 Å². The first-order valence-electron chi connectivity index (χ1n) is 18.6. The molecule has 0 N–H and O–H groups in total. The Bertz CT molecular complexity index is 2730. The quantitative estimate of drug-likeness (QED) is 0.116. The molecular formula is C50H41N5. The predicted octanol–water partition coefficient (Wildman–Crippen LogP) is 13.2. The Hall–Kier alpha value is -6.90. The number of allylic oxidation sites excluding steroid dienone is 8. The van der Waals surface area contributed by atoms with Crippen molar-refractivity contribution >= 4 is 33.6 Å². The highest BCUT2D eigenvalue weighted by molar-refractivity contribution is 6.11. The zero-order chi connectivity index (χ0) is 37.9. The molecule has 2 aromatic heterocycles. The van der Waals surface area contributed by atoms with Crippen LogP contribution >= 0.6 is 0 Å². The van der Waals surface area contributed by atoms with Gasteiger partial charge in [-0.3, -0.25) is 0 Å². The lowest BCUT2D eigenvalue weighted by atomic mass is 9.86. The Morgan fingerprint density at radius 1 is 0.727 bits per heavy atom. The maximum Gasteiger partial charge on any atom is 0.188 e. The van der Waals surface area contributed by atoms with Crippen LogP contribution < -0.4 is 0 Å². The van der Waals surface area contributed by atoms with Crippen LogP contribution in [-0.4, -0.2) is 19.5 Å². The summed E-state index contributed by atoms with van der Waals surface area (Å²) < 4.78 is 2.36. The summed E-state index contributed by atoms with van der Waals surface area (Å²) in [6.07, 6.45) is 19.2. The van der Waals surface area contributed by atoms with Gasteiger partial charge in [0, 0.05) is 28.0 Å². The van der Waals surface area contributed by atoms with Gasteiger partial charge in [0.25, 0.3) is 0 Å². The molecule has 0 radical (unpaired) electrons. The van der Waals surface area contributed by atoms with Gasteiger partial charge in [-0.25, -0.2) is 19.8 Å². The molecule has 1 aliphatic carbocycles. The molecule has 5 heteroatoms. The van der Waals surface area contributed by atoms with Gasteiger partial charge in [0.15, 0.2) is 17.3 Å². The van der Waals surface area contributed by atoms with E-state index in [0.29, 0.717) is 17.3 Å². The molecule has 0 spiro atoms. The van der Waals surface area contributed by atoms with Crippen molar-refractivity contribution in [2.75, 3.05) is 0 Å². The van der Waals surface area contributed by atoms with E-state index in [1.165, 1.54) is 5.56 Å². The fourth-order valence-corrected chi connectivity index (χ4v) is 7.27. The van der Waals surface area contributed by atoms with Gasteiger partial charge in [0.1, 0.15) is 5.82 Å². The summed E-state index contributed by atoms with van der Waals surface area (Å²) in [6, 6.07) is 37.9. The van der Waals surface area contributed by atoms with E-state index in [9.17, 15) is 0 Å². The van der Waals surface area contributed by atoms with Crippen LogP contribution in [0.15, 0.2) is 164 Å². The maximum absolute atomic E-state index is 7.86. The van der Waals surface area contributed by atoms with Crippen LogP contribution in [0.2, 0.25) is 0 Å². The summed E-state index contributed by atoms with van der Waals surface area (Å²) in [6.45, 7) is 18.4. The Morgan fingerprint density at radius 3 is 2.09 bits per heavy atom. The largest absolute Gasteiger partial charge is 0.308 e. The molecule has 1 unspecified atom stereocenters. The van der Waals surface area contributed by atoms with Crippen molar-refractivity contribution in [3.05, 3.63) is 193 Å². The monoisotopic (exact) mass is 711 g/mol. The lowest BCUT2D eigenvalue weighted by Gasteiger charge is -2.21. The molecule has 5 aromatic carbocycles. The van der Waals surface area contributed by atoms with E-state index in [1.54, 1.807) is 6.08 Å². The normalized spacial score (nSPS) is 14.3. The average Bonchev–Trinajstić information content (AvgIpc) is 3.55. The molecule has 0 aliphatic heterocycles.